The van der Waals surface area contributed by atoms with Gasteiger partial charge >= 0.3 is 0 Å². The smallest absolute Gasteiger partial charge is 0.118 e. The largest absolute Gasteiger partial charge is 0.497 e. The highest BCUT2D eigenvalue weighted by atomic mass is 16.5. The van der Waals surface area contributed by atoms with Crippen molar-refractivity contribution in [2.75, 3.05) is 13.7 Å². The van der Waals surface area contributed by atoms with Crippen molar-refractivity contribution in [1.82, 2.24) is 10.3 Å². The number of aromatic nitrogens is 1. The van der Waals surface area contributed by atoms with Crippen LogP contribution in [0.25, 0.3) is 0 Å². The highest BCUT2D eigenvalue weighted by molar-refractivity contribution is 5.39. The molecule has 3 heteroatoms. The molecule has 0 fully saturated rings. The molecule has 0 spiro atoms. The van der Waals surface area contributed by atoms with Crippen molar-refractivity contribution in [2.24, 2.45) is 0 Å². The Balaban J connectivity index is 1.97. The summed E-state index contributed by atoms with van der Waals surface area (Å²) in [5.41, 5.74) is 3.93. The second kappa shape index (κ2) is 4.78. The molecule has 1 N–H and O–H groups in total. The lowest BCUT2D eigenvalue weighted by Gasteiger charge is -2.26. The summed E-state index contributed by atoms with van der Waals surface area (Å²) in [6.07, 6.45) is 4.91. The van der Waals surface area contributed by atoms with E-state index in [-0.39, 0.29) is 6.04 Å². The quantitative estimate of drug-likeness (QED) is 0.874. The van der Waals surface area contributed by atoms with Gasteiger partial charge in [-0.2, -0.15) is 0 Å². The van der Waals surface area contributed by atoms with Gasteiger partial charge in [-0.1, -0.05) is 12.1 Å². The number of nitrogens with one attached hydrogen (secondary N) is 1. The van der Waals surface area contributed by atoms with Crippen LogP contribution in [0.3, 0.4) is 0 Å². The Morgan fingerprint density at radius 1 is 1.22 bits per heavy atom. The first kappa shape index (κ1) is 11.2. The van der Waals surface area contributed by atoms with Crippen LogP contribution >= 0.6 is 0 Å². The van der Waals surface area contributed by atoms with Gasteiger partial charge in [-0.25, -0.2) is 0 Å². The van der Waals surface area contributed by atoms with E-state index in [2.05, 4.69) is 28.5 Å². The SMILES string of the molecule is COc1ccc(C2NCCc3ccncc32)cc1. The number of hydrogen-bond donors (Lipinski definition) is 1. The van der Waals surface area contributed by atoms with Crippen LogP contribution in [0.1, 0.15) is 22.7 Å². The molecule has 1 aromatic heterocycles. The van der Waals surface area contributed by atoms with Crippen LogP contribution in [0.2, 0.25) is 0 Å². The molecule has 0 amide bonds. The first-order valence-electron chi connectivity index (χ1n) is 6.18. The van der Waals surface area contributed by atoms with E-state index < -0.39 is 0 Å². The monoisotopic (exact) mass is 240 g/mol. The zero-order chi connectivity index (χ0) is 12.4. The van der Waals surface area contributed by atoms with Crippen molar-refractivity contribution in [3.05, 3.63) is 59.4 Å². The fraction of sp³-hybridized carbons (Fsp3) is 0.267. The molecule has 92 valence electrons. The molecule has 2 heterocycles. The lowest BCUT2D eigenvalue weighted by atomic mass is 9.91. The molecule has 0 bridgehead atoms. The minimum atomic E-state index is 0.244. The van der Waals surface area contributed by atoms with Gasteiger partial charge < -0.3 is 10.1 Å². The van der Waals surface area contributed by atoms with Crippen LogP contribution in [0.4, 0.5) is 0 Å². The molecule has 1 aliphatic heterocycles. The van der Waals surface area contributed by atoms with Crippen LogP contribution in [0.5, 0.6) is 5.75 Å². The summed E-state index contributed by atoms with van der Waals surface area (Å²) in [5, 5.41) is 3.55. The summed E-state index contributed by atoms with van der Waals surface area (Å²) in [5.74, 6) is 0.890. The molecule has 2 aromatic rings. The summed E-state index contributed by atoms with van der Waals surface area (Å²) in [6.45, 7) is 1.01. The Morgan fingerprint density at radius 3 is 2.83 bits per heavy atom. The molecule has 0 aliphatic carbocycles. The Hall–Kier alpha value is -1.87. The van der Waals surface area contributed by atoms with Crippen LogP contribution in [-0.2, 0) is 6.42 Å². The summed E-state index contributed by atoms with van der Waals surface area (Å²) in [7, 11) is 1.69. The molecule has 3 rings (SSSR count). The van der Waals surface area contributed by atoms with Crippen molar-refractivity contribution in [1.29, 1.82) is 0 Å². The van der Waals surface area contributed by atoms with E-state index in [0.29, 0.717) is 0 Å². The van der Waals surface area contributed by atoms with Crippen molar-refractivity contribution in [3.63, 3.8) is 0 Å². The van der Waals surface area contributed by atoms with Crippen LogP contribution in [0, 0.1) is 0 Å². The fourth-order valence-corrected chi connectivity index (χ4v) is 2.48. The third-order valence-corrected chi connectivity index (χ3v) is 3.45. The molecule has 1 unspecified atom stereocenters. The predicted octanol–water partition coefficient (Wildman–Crippen LogP) is 2.33. The first-order chi connectivity index (χ1) is 8.88. The minimum Gasteiger partial charge on any atom is -0.497 e. The summed E-state index contributed by atoms with van der Waals surface area (Å²) < 4.78 is 5.19. The van der Waals surface area contributed by atoms with Gasteiger partial charge in [0, 0.05) is 18.9 Å². The second-order valence-corrected chi connectivity index (χ2v) is 4.48. The minimum absolute atomic E-state index is 0.244. The van der Waals surface area contributed by atoms with Crippen molar-refractivity contribution >= 4 is 0 Å². The Bertz CT molecular complexity index is 536. The van der Waals surface area contributed by atoms with Gasteiger partial charge in [-0.3, -0.25) is 4.98 Å². The maximum Gasteiger partial charge on any atom is 0.118 e. The lowest BCUT2D eigenvalue weighted by Crippen LogP contribution is -2.30. The Kier molecular flexibility index (Phi) is 2.99. The molecule has 3 nitrogen and oxygen atoms in total. The third kappa shape index (κ3) is 1.97. The number of nitrogens with zero attached hydrogens (tertiary/aromatic N) is 1. The molecule has 0 radical (unpaired) electrons. The van der Waals surface area contributed by atoms with Crippen molar-refractivity contribution in [2.45, 2.75) is 12.5 Å². The maximum absolute atomic E-state index is 5.19. The Morgan fingerprint density at radius 2 is 2.06 bits per heavy atom. The first-order valence-corrected chi connectivity index (χ1v) is 6.18. The molecule has 0 saturated heterocycles. The molecule has 1 atom stereocenters. The number of rotatable bonds is 2. The van der Waals surface area contributed by atoms with E-state index in [1.54, 1.807) is 7.11 Å². The van der Waals surface area contributed by atoms with Gasteiger partial charge in [0.1, 0.15) is 5.75 Å². The number of methoxy groups -OCH3 is 1. The van der Waals surface area contributed by atoms with Crippen LogP contribution in [-0.4, -0.2) is 18.6 Å². The number of pyridine rings is 1. The molecule has 0 saturated carbocycles. The van der Waals surface area contributed by atoms with Crippen LogP contribution in [0.15, 0.2) is 42.7 Å². The van der Waals surface area contributed by atoms with E-state index in [1.165, 1.54) is 16.7 Å². The van der Waals surface area contributed by atoms with Crippen LogP contribution < -0.4 is 10.1 Å². The number of ether oxygens (including phenoxy) is 1. The zero-order valence-corrected chi connectivity index (χ0v) is 10.4. The summed E-state index contributed by atoms with van der Waals surface area (Å²) in [4.78, 5) is 4.24. The van der Waals surface area contributed by atoms with Gasteiger partial charge in [0.2, 0.25) is 0 Å². The van der Waals surface area contributed by atoms with E-state index in [0.717, 1.165) is 18.7 Å². The average Bonchev–Trinajstić information content (AvgIpc) is 2.47. The van der Waals surface area contributed by atoms with Gasteiger partial charge in [-0.15, -0.1) is 0 Å². The van der Waals surface area contributed by atoms with Gasteiger partial charge in [0.25, 0.3) is 0 Å². The van der Waals surface area contributed by atoms with Gasteiger partial charge in [0.15, 0.2) is 0 Å². The molecular formula is C15H16N2O. The highest BCUT2D eigenvalue weighted by Gasteiger charge is 2.20. The second-order valence-electron chi connectivity index (χ2n) is 4.48. The van der Waals surface area contributed by atoms with Gasteiger partial charge in [-0.05, 0) is 41.3 Å². The van der Waals surface area contributed by atoms with E-state index in [1.807, 2.05) is 24.5 Å². The number of benzene rings is 1. The average molecular weight is 240 g/mol. The maximum atomic E-state index is 5.19. The summed E-state index contributed by atoms with van der Waals surface area (Å²) in [6, 6.07) is 10.6. The number of fused-ring (bicyclic) bond motifs is 1. The Labute approximate surface area is 107 Å². The highest BCUT2D eigenvalue weighted by Crippen LogP contribution is 2.28. The molecule has 1 aromatic carbocycles. The van der Waals surface area contributed by atoms with Crippen molar-refractivity contribution in [3.8, 4) is 5.75 Å². The van der Waals surface area contributed by atoms with Crippen molar-refractivity contribution < 1.29 is 4.74 Å². The number of hydrogen-bond acceptors (Lipinski definition) is 3. The van der Waals surface area contributed by atoms with E-state index in [9.17, 15) is 0 Å². The van der Waals surface area contributed by atoms with Gasteiger partial charge in [0.05, 0.1) is 13.2 Å². The van der Waals surface area contributed by atoms with E-state index in [4.69, 9.17) is 4.74 Å². The molecule has 18 heavy (non-hydrogen) atoms. The lowest BCUT2D eigenvalue weighted by molar-refractivity contribution is 0.414. The standard InChI is InChI=1S/C15H16N2O/c1-18-13-4-2-12(3-5-13)15-14-10-16-8-6-11(14)7-9-17-15/h2-6,8,10,15,17H,7,9H2,1H3. The van der Waals surface area contributed by atoms with E-state index >= 15 is 0 Å². The fourth-order valence-electron chi connectivity index (χ4n) is 2.48. The third-order valence-electron chi connectivity index (χ3n) is 3.45. The topological polar surface area (TPSA) is 34.1 Å². The molecular weight excluding hydrogens is 224 g/mol. The zero-order valence-electron chi connectivity index (χ0n) is 10.4. The predicted molar refractivity (Wildman–Crippen MR) is 70.8 cm³/mol. The molecule has 1 aliphatic rings. The summed E-state index contributed by atoms with van der Waals surface area (Å²) >= 11 is 0. The normalized spacial score (nSPS) is 18.2.